The molecule has 0 atom stereocenters. The monoisotopic (exact) mass is 290 g/mol. The largest absolute Gasteiger partial charge is 0.399 e. The van der Waals surface area contributed by atoms with Crippen molar-refractivity contribution in [2.45, 2.75) is 44.9 Å². The van der Waals surface area contributed by atoms with E-state index >= 15 is 0 Å². The number of nitrogen functional groups attached to an aromatic ring is 1. The third-order valence-electron chi connectivity index (χ3n) is 3.97. The molecule has 1 amide bonds. The molecule has 0 aromatic heterocycles. The Morgan fingerprint density at radius 3 is 2.62 bits per heavy atom. The number of carbonyl (C=O) groups excluding carboxylic acids is 1. The first kappa shape index (κ1) is 15.8. The van der Waals surface area contributed by atoms with Crippen molar-refractivity contribution in [2.75, 3.05) is 24.3 Å². The molecule has 1 aromatic rings. The van der Waals surface area contributed by atoms with Crippen molar-refractivity contribution in [2.24, 2.45) is 5.92 Å². The maximum absolute atomic E-state index is 11.8. The van der Waals surface area contributed by atoms with Crippen LogP contribution in [0.25, 0.3) is 0 Å². The number of nitrogens with two attached hydrogens (primary N) is 1. The Morgan fingerprint density at radius 2 is 1.90 bits per heavy atom. The second-order valence-electron chi connectivity index (χ2n) is 5.85. The number of rotatable bonds is 7. The number of carbonyl (C=O) groups is 1. The van der Waals surface area contributed by atoms with Crippen LogP contribution in [0.1, 0.15) is 44.9 Å². The SMILES string of the molecule is Nc1ccc(NC(=O)CCCOCC2CCCCC2)cc1. The third kappa shape index (κ3) is 6.17. The highest BCUT2D eigenvalue weighted by molar-refractivity contribution is 5.90. The van der Waals surface area contributed by atoms with Gasteiger partial charge < -0.3 is 15.8 Å². The van der Waals surface area contributed by atoms with Crippen molar-refractivity contribution in [3.05, 3.63) is 24.3 Å². The van der Waals surface area contributed by atoms with Gasteiger partial charge in [-0.3, -0.25) is 4.79 Å². The van der Waals surface area contributed by atoms with Crippen LogP contribution in [-0.2, 0) is 9.53 Å². The molecule has 0 heterocycles. The molecule has 1 fully saturated rings. The molecule has 0 bridgehead atoms. The normalized spacial score (nSPS) is 15.8. The molecule has 3 N–H and O–H groups in total. The van der Waals surface area contributed by atoms with Crippen molar-refractivity contribution in [1.29, 1.82) is 0 Å². The molecule has 4 heteroatoms. The van der Waals surface area contributed by atoms with E-state index in [0.29, 0.717) is 18.7 Å². The second kappa shape index (κ2) is 8.67. The van der Waals surface area contributed by atoms with Gasteiger partial charge in [0.05, 0.1) is 0 Å². The van der Waals surface area contributed by atoms with Gasteiger partial charge in [-0.15, -0.1) is 0 Å². The number of hydrogen-bond donors (Lipinski definition) is 2. The van der Waals surface area contributed by atoms with E-state index in [-0.39, 0.29) is 5.91 Å². The minimum atomic E-state index is 0.0287. The first-order valence-corrected chi connectivity index (χ1v) is 7.97. The van der Waals surface area contributed by atoms with E-state index in [2.05, 4.69) is 5.32 Å². The zero-order valence-electron chi connectivity index (χ0n) is 12.6. The van der Waals surface area contributed by atoms with Gasteiger partial charge in [-0.25, -0.2) is 0 Å². The first-order valence-electron chi connectivity index (χ1n) is 7.97. The Labute approximate surface area is 127 Å². The van der Waals surface area contributed by atoms with Crippen LogP contribution in [-0.4, -0.2) is 19.1 Å². The highest BCUT2D eigenvalue weighted by Crippen LogP contribution is 2.23. The third-order valence-corrected chi connectivity index (χ3v) is 3.97. The molecule has 1 aliphatic rings. The maximum Gasteiger partial charge on any atom is 0.224 e. The van der Waals surface area contributed by atoms with Gasteiger partial charge in [-0.2, -0.15) is 0 Å². The smallest absolute Gasteiger partial charge is 0.224 e. The molecular weight excluding hydrogens is 264 g/mol. The lowest BCUT2D eigenvalue weighted by Gasteiger charge is -2.21. The van der Waals surface area contributed by atoms with Gasteiger partial charge in [0.1, 0.15) is 0 Å². The predicted octanol–water partition coefficient (Wildman–Crippen LogP) is 3.58. The summed E-state index contributed by atoms with van der Waals surface area (Å²) < 4.78 is 5.69. The topological polar surface area (TPSA) is 64.3 Å². The lowest BCUT2D eigenvalue weighted by molar-refractivity contribution is -0.116. The van der Waals surface area contributed by atoms with Gasteiger partial charge in [0.2, 0.25) is 5.91 Å². The van der Waals surface area contributed by atoms with Crippen LogP contribution < -0.4 is 11.1 Å². The first-order chi connectivity index (χ1) is 10.2. The zero-order chi connectivity index (χ0) is 14.9. The fourth-order valence-corrected chi connectivity index (χ4v) is 2.73. The molecule has 0 unspecified atom stereocenters. The molecule has 116 valence electrons. The summed E-state index contributed by atoms with van der Waals surface area (Å²) in [6.45, 7) is 1.53. The van der Waals surface area contributed by atoms with Gasteiger partial charge in [0, 0.05) is 31.0 Å². The van der Waals surface area contributed by atoms with Gasteiger partial charge in [-0.05, 0) is 49.4 Å². The Balaban J connectivity index is 1.53. The van der Waals surface area contributed by atoms with E-state index in [4.69, 9.17) is 10.5 Å². The predicted molar refractivity (Wildman–Crippen MR) is 86.1 cm³/mol. The number of anilines is 2. The summed E-state index contributed by atoms with van der Waals surface area (Å²) in [5, 5.41) is 2.86. The summed E-state index contributed by atoms with van der Waals surface area (Å²) in [6, 6.07) is 7.19. The Kier molecular flexibility index (Phi) is 6.54. The van der Waals surface area contributed by atoms with Crippen molar-refractivity contribution >= 4 is 17.3 Å². The standard InChI is InChI=1S/C17H26N2O2/c18-15-8-10-16(11-9-15)19-17(20)7-4-12-21-13-14-5-2-1-3-6-14/h8-11,14H,1-7,12-13,18H2,(H,19,20). The number of nitrogens with one attached hydrogen (secondary N) is 1. The lowest BCUT2D eigenvalue weighted by Crippen LogP contribution is -2.15. The summed E-state index contributed by atoms with van der Waals surface area (Å²) in [5.41, 5.74) is 7.09. The van der Waals surface area contributed by atoms with E-state index in [0.717, 1.165) is 24.6 Å². The lowest BCUT2D eigenvalue weighted by atomic mass is 9.90. The maximum atomic E-state index is 11.8. The molecule has 0 saturated heterocycles. The summed E-state index contributed by atoms with van der Waals surface area (Å²) in [7, 11) is 0. The van der Waals surface area contributed by atoms with E-state index in [1.165, 1.54) is 32.1 Å². The molecular formula is C17H26N2O2. The molecule has 1 aromatic carbocycles. The minimum Gasteiger partial charge on any atom is -0.399 e. The van der Waals surface area contributed by atoms with Crippen molar-refractivity contribution in [1.82, 2.24) is 0 Å². The number of amides is 1. The van der Waals surface area contributed by atoms with Crippen molar-refractivity contribution in [3.63, 3.8) is 0 Å². The molecule has 1 aliphatic carbocycles. The Morgan fingerprint density at radius 1 is 1.19 bits per heavy atom. The fraction of sp³-hybridized carbons (Fsp3) is 0.588. The number of ether oxygens (including phenoxy) is 1. The molecule has 0 spiro atoms. The summed E-state index contributed by atoms with van der Waals surface area (Å²) in [4.78, 5) is 11.8. The van der Waals surface area contributed by atoms with Crippen LogP contribution in [0.3, 0.4) is 0 Å². The van der Waals surface area contributed by atoms with Crippen LogP contribution in [0.4, 0.5) is 11.4 Å². The Bertz CT molecular complexity index is 425. The molecule has 1 saturated carbocycles. The quantitative estimate of drug-likeness (QED) is 0.596. The van der Waals surface area contributed by atoms with E-state index in [1.54, 1.807) is 12.1 Å². The van der Waals surface area contributed by atoms with Gasteiger partial charge in [0.25, 0.3) is 0 Å². The van der Waals surface area contributed by atoms with Crippen LogP contribution >= 0.6 is 0 Å². The average Bonchev–Trinajstić information content (AvgIpc) is 2.50. The Hall–Kier alpha value is -1.55. The molecule has 0 aliphatic heterocycles. The summed E-state index contributed by atoms with van der Waals surface area (Å²) in [5.74, 6) is 0.767. The molecule has 4 nitrogen and oxygen atoms in total. The minimum absolute atomic E-state index is 0.0287. The summed E-state index contributed by atoms with van der Waals surface area (Å²) in [6.07, 6.45) is 7.94. The van der Waals surface area contributed by atoms with E-state index < -0.39 is 0 Å². The summed E-state index contributed by atoms with van der Waals surface area (Å²) >= 11 is 0. The molecule has 2 rings (SSSR count). The van der Waals surface area contributed by atoms with Crippen molar-refractivity contribution in [3.8, 4) is 0 Å². The zero-order valence-corrected chi connectivity index (χ0v) is 12.6. The number of hydrogen-bond acceptors (Lipinski definition) is 3. The van der Waals surface area contributed by atoms with Gasteiger partial charge in [-0.1, -0.05) is 19.3 Å². The molecule has 0 radical (unpaired) electrons. The second-order valence-corrected chi connectivity index (χ2v) is 5.85. The number of benzene rings is 1. The molecule has 21 heavy (non-hydrogen) atoms. The fourth-order valence-electron chi connectivity index (χ4n) is 2.73. The highest BCUT2D eigenvalue weighted by atomic mass is 16.5. The van der Waals surface area contributed by atoms with Gasteiger partial charge in [0.15, 0.2) is 0 Å². The van der Waals surface area contributed by atoms with E-state index in [1.807, 2.05) is 12.1 Å². The van der Waals surface area contributed by atoms with Crippen LogP contribution in [0.15, 0.2) is 24.3 Å². The van der Waals surface area contributed by atoms with Crippen molar-refractivity contribution < 1.29 is 9.53 Å². The van der Waals surface area contributed by atoms with Crippen LogP contribution in [0.2, 0.25) is 0 Å². The van der Waals surface area contributed by atoms with E-state index in [9.17, 15) is 4.79 Å². The highest BCUT2D eigenvalue weighted by Gasteiger charge is 2.13. The average molecular weight is 290 g/mol. The van der Waals surface area contributed by atoms with Gasteiger partial charge >= 0.3 is 0 Å². The van der Waals surface area contributed by atoms with Crippen LogP contribution in [0, 0.1) is 5.92 Å². The van der Waals surface area contributed by atoms with Crippen LogP contribution in [0.5, 0.6) is 0 Å².